The summed E-state index contributed by atoms with van der Waals surface area (Å²) in [6.07, 6.45) is 1.96. The number of nitrogens with one attached hydrogen (secondary N) is 1. The number of aromatic amines is 1. The Kier molecular flexibility index (Phi) is 3.49. The number of hydrogen-bond acceptors (Lipinski definition) is 4. The zero-order chi connectivity index (χ0) is 17.6. The number of rotatable bonds is 3. The van der Waals surface area contributed by atoms with Crippen molar-refractivity contribution in [3.05, 3.63) is 54.2 Å². The van der Waals surface area contributed by atoms with Crippen LogP contribution < -0.4 is 5.73 Å². The molecule has 1 aromatic carbocycles. The molecule has 4 rings (SSSR count). The van der Waals surface area contributed by atoms with E-state index >= 15 is 0 Å². The number of aromatic nitrogens is 5. The van der Waals surface area contributed by atoms with Crippen molar-refractivity contribution in [3.8, 4) is 22.4 Å². The largest absolute Gasteiger partial charge is 0.382 e. The van der Waals surface area contributed by atoms with Crippen LogP contribution in [0.4, 0.5) is 10.2 Å². The van der Waals surface area contributed by atoms with Gasteiger partial charge in [-0.1, -0.05) is 13.8 Å². The number of nitrogens with zero attached hydrogens (tertiary/aromatic N) is 4. The van der Waals surface area contributed by atoms with Gasteiger partial charge < -0.3 is 5.73 Å². The Balaban J connectivity index is 1.90. The molecule has 0 aliphatic rings. The number of fused-ring (bicyclic) bond motifs is 1. The fraction of sp³-hybridized carbons (Fsp3) is 0.167. The summed E-state index contributed by atoms with van der Waals surface area (Å²) in [5, 5.41) is 15.5. The first-order valence-corrected chi connectivity index (χ1v) is 7.99. The van der Waals surface area contributed by atoms with Crippen molar-refractivity contribution >= 4 is 11.5 Å². The molecule has 0 aliphatic heterocycles. The normalized spacial score (nSPS) is 11.5. The molecule has 25 heavy (non-hydrogen) atoms. The molecule has 7 heteroatoms. The van der Waals surface area contributed by atoms with E-state index in [4.69, 9.17) is 5.73 Å². The van der Waals surface area contributed by atoms with Crippen molar-refractivity contribution in [1.29, 1.82) is 0 Å². The van der Waals surface area contributed by atoms with Gasteiger partial charge in [-0.15, -0.1) is 10.2 Å². The van der Waals surface area contributed by atoms with Crippen molar-refractivity contribution in [1.82, 2.24) is 24.8 Å². The van der Waals surface area contributed by atoms with Crippen LogP contribution in [0.2, 0.25) is 0 Å². The Morgan fingerprint density at radius 1 is 1.04 bits per heavy atom. The second-order valence-electron chi connectivity index (χ2n) is 6.22. The van der Waals surface area contributed by atoms with E-state index in [0.29, 0.717) is 5.82 Å². The topological polar surface area (TPSA) is 84.9 Å². The van der Waals surface area contributed by atoms with E-state index in [1.807, 2.05) is 22.7 Å². The summed E-state index contributed by atoms with van der Waals surface area (Å²) in [5.41, 5.74) is 10.1. The maximum Gasteiger partial charge on any atom is 0.160 e. The minimum absolute atomic E-state index is 0.239. The van der Waals surface area contributed by atoms with Crippen molar-refractivity contribution in [2.24, 2.45) is 0 Å². The monoisotopic (exact) mass is 336 g/mol. The van der Waals surface area contributed by atoms with Gasteiger partial charge in [-0.2, -0.15) is 5.10 Å². The first kappa shape index (κ1) is 15.3. The number of anilines is 1. The maximum atomic E-state index is 13.2. The van der Waals surface area contributed by atoms with E-state index in [-0.39, 0.29) is 11.7 Å². The highest BCUT2D eigenvalue weighted by Crippen LogP contribution is 2.35. The summed E-state index contributed by atoms with van der Waals surface area (Å²) >= 11 is 0. The lowest BCUT2D eigenvalue weighted by atomic mass is 10.0. The highest BCUT2D eigenvalue weighted by atomic mass is 19.1. The quantitative estimate of drug-likeness (QED) is 0.598. The Morgan fingerprint density at radius 3 is 2.48 bits per heavy atom. The number of benzene rings is 1. The van der Waals surface area contributed by atoms with E-state index < -0.39 is 0 Å². The lowest BCUT2D eigenvalue weighted by Gasteiger charge is -2.08. The predicted octanol–water partition coefficient (Wildman–Crippen LogP) is 3.63. The van der Waals surface area contributed by atoms with Gasteiger partial charge in [0.15, 0.2) is 11.5 Å². The smallest absolute Gasteiger partial charge is 0.160 e. The van der Waals surface area contributed by atoms with E-state index in [1.54, 1.807) is 12.1 Å². The van der Waals surface area contributed by atoms with Gasteiger partial charge in [-0.25, -0.2) is 4.39 Å². The molecule has 0 atom stereocenters. The third-order valence-corrected chi connectivity index (χ3v) is 4.16. The Labute approximate surface area is 143 Å². The van der Waals surface area contributed by atoms with Crippen LogP contribution in [0.3, 0.4) is 0 Å². The summed E-state index contributed by atoms with van der Waals surface area (Å²) in [6.45, 7) is 4.14. The molecule has 126 valence electrons. The number of pyridine rings is 1. The Bertz CT molecular complexity index is 1050. The molecular formula is C18H17FN6. The SMILES string of the molecule is CC(C)c1nnc2ccc(-c3c(N)n[nH]c3-c3ccc(F)cc3)cn12. The highest BCUT2D eigenvalue weighted by molar-refractivity contribution is 5.87. The molecule has 3 aromatic heterocycles. The highest BCUT2D eigenvalue weighted by Gasteiger charge is 2.17. The molecular weight excluding hydrogens is 319 g/mol. The van der Waals surface area contributed by atoms with E-state index in [1.165, 1.54) is 12.1 Å². The number of hydrogen-bond donors (Lipinski definition) is 2. The Morgan fingerprint density at radius 2 is 1.76 bits per heavy atom. The van der Waals surface area contributed by atoms with Gasteiger partial charge >= 0.3 is 0 Å². The summed E-state index contributed by atoms with van der Waals surface area (Å²) in [6, 6.07) is 10.1. The number of H-pyrrole nitrogens is 1. The van der Waals surface area contributed by atoms with Crippen molar-refractivity contribution in [2.75, 3.05) is 5.73 Å². The molecule has 3 heterocycles. The molecule has 0 spiro atoms. The molecule has 0 saturated heterocycles. The summed E-state index contributed by atoms with van der Waals surface area (Å²) in [4.78, 5) is 0. The lowest BCUT2D eigenvalue weighted by Crippen LogP contribution is -1.98. The molecule has 3 N–H and O–H groups in total. The van der Waals surface area contributed by atoms with Crippen LogP contribution in [0.5, 0.6) is 0 Å². The van der Waals surface area contributed by atoms with Crippen LogP contribution in [0.25, 0.3) is 28.0 Å². The van der Waals surface area contributed by atoms with Gasteiger partial charge in [-0.3, -0.25) is 9.50 Å². The second-order valence-corrected chi connectivity index (χ2v) is 6.22. The van der Waals surface area contributed by atoms with Crippen molar-refractivity contribution in [3.63, 3.8) is 0 Å². The molecule has 0 bridgehead atoms. The van der Waals surface area contributed by atoms with E-state index in [0.717, 1.165) is 33.9 Å². The van der Waals surface area contributed by atoms with Gasteiger partial charge in [0.25, 0.3) is 0 Å². The van der Waals surface area contributed by atoms with Crippen LogP contribution in [0, 0.1) is 5.82 Å². The fourth-order valence-electron chi connectivity index (χ4n) is 2.92. The molecule has 4 aromatic rings. The predicted molar refractivity (Wildman–Crippen MR) is 94.5 cm³/mol. The molecule has 0 amide bonds. The number of nitrogen functional groups attached to an aromatic ring is 1. The maximum absolute atomic E-state index is 13.2. The summed E-state index contributed by atoms with van der Waals surface area (Å²) in [5.74, 6) is 1.22. The average Bonchev–Trinajstić information content (AvgIpc) is 3.18. The van der Waals surface area contributed by atoms with Gasteiger partial charge in [0, 0.05) is 23.2 Å². The van der Waals surface area contributed by atoms with Gasteiger partial charge in [-0.05, 0) is 36.4 Å². The number of halogens is 1. The van der Waals surface area contributed by atoms with Crippen LogP contribution in [-0.4, -0.2) is 24.8 Å². The first-order chi connectivity index (χ1) is 12.0. The molecule has 6 nitrogen and oxygen atoms in total. The molecule has 0 saturated carbocycles. The first-order valence-electron chi connectivity index (χ1n) is 7.99. The van der Waals surface area contributed by atoms with Crippen LogP contribution >= 0.6 is 0 Å². The van der Waals surface area contributed by atoms with Gasteiger partial charge in [0.05, 0.1) is 11.3 Å². The fourth-order valence-corrected chi connectivity index (χ4v) is 2.92. The lowest BCUT2D eigenvalue weighted by molar-refractivity contribution is 0.628. The molecule has 0 radical (unpaired) electrons. The van der Waals surface area contributed by atoms with Gasteiger partial charge in [0.2, 0.25) is 0 Å². The standard InChI is InChI=1S/C18H17FN6/c1-10(2)18-24-21-14-8-5-12(9-25(14)18)15-16(22-23-17(15)20)11-3-6-13(19)7-4-11/h3-10H,1-2H3,(H3,20,22,23). The average molecular weight is 336 g/mol. The second kappa shape index (κ2) is 5.70. The molecule has 0 aliphatic carbocycles. The Hall–Kier alpha value is -3.22. The third-order valence-electron chi connectivity index (χ3n) is 4.16. The molecule has 0 unspecified atom stereocenters. The summed E-state index contributed by atoms with van der Waals surface area (Å²) < 4.78 is 15.2. The van der Waals surface area contributed by atoms with E-state index in [2.05, 4.69) is 34.2 Å². The van der Waals surface area contributed by atoms with Crippen molar-refractivity contribution in [2.45, 2.75) is 19.8 Å². The van der Waals surface area contributed by atoms with E-state index in [9.17, 15) is 4.39 Å². The third kappa shape index (κ3) is 2.53. The zero-order valence-electron chi connectivity index (χ0n) is 13.9. The van der Waals surface area contributed by atoms with Gasteiger partial charge in [0.1, 0.15) is 11.6 Å². The van der Waals surface area contributed by atoms with Crippen LogP contribution in [0.1, 0.15) is 25.6 Å². The van der Waals surface area contributed by atoms with Crippen molar-refractivity contribution < 1.29 is 4.39 Å². The molecule has 0 fully saturated rings. The zero-order valence-corrected chi connectivity index (χ0v) is 13.9. The van der Waals surface area contributed by atoms with Crippen LogP contribution in [-0.2, 0) is 0 Å². The minimum atomic E-state index is -0.287. The minimum Gasteiger partial charge on any atom is -0.382 e. The number of nitrogens with two attached hydrogens (primary N) is 1. The van der Waals surface area contributed by atoms with Crippen LogP contribution in [0.15, 0.2) is 42.6 Å². The summed E-state index contributed by atoms with van der Waals surface area (Å²) in [7, 11) is 0.